The van der Waals surface area contributed by atoms with Gasteiger partial charge >= 0.3 is 6.18 Å². The predicted octanol–water partition coefficient (Wildman–Crippen LogP) is 4.04. The van der Waals surface area contributed by atoms with Gasteiger partial charge in [0.05, 0.1) is 5.56 Å². The molecule has 0 spiro atoms. The Bertz CT molecular complexity index is 476. The summed E-state index contributed by atoms with van der Waals surface area (Å²) >= 11 is 3.18. The Balaban J connectivity index is 2.27. The Hall–Kier alpha value is -0.750. The molecule has 1 aromatic rings. The Morgan fingerprint density at radius 3 is 2.55 bits per heavy atom. The van der Waals surface area contributed by atoms with Crippen molar-refractivity contribution < 1.29 is 13.2 Å². The molecule has 0 bridgehead atoms. The van der Waals surface area contributed by atoms with Crippen LogP contribution in [0.25, 0.3) is 0 Å². The minimum absolute atomic E-state index is 0.219. The van der Waals surface area contributed by atoms with Gasteiger partial charge in [0.1, 0.15) is 0 Å². The molecule has 2 nitrogen and oxygen atoms in total. The molecule has 2 unspecified atom stereocenters. The van der Waals surface area contributed by atoms with E-state index >= 15 is 0 Å². The molecule has 0 saturated carbocycles. The maximum absolute atomic E-state index is 12.9. The predicted molar refractivity (Wildman–Crippen MR) is 78.0 cm³/mol. The molecule has 0 amide bonds. The molecule has 112 valence electrons. The van der Waals surface area contributed by atoms with Gasteiger partial charge in [0, 0.05) is 28.8 Å². The van der Waals surface area contributed by atoms with Crippen molar-refractivity contribution in [2.45, 2.75) is 38.0 Å². The van der Waals surface area contributed by atoms with Crippen molar-refractivity contribution in [1.29, 1.82) is 0 Å². The lowest BCUT2D eigenvalue weighted by Crippen LogP contribution is -2.46. The van der Waals surface area contributed by atoms with Crippen LogP contribution < -0.4 is 10.2 Å². The van der Waals surface area contributed by atoms with Crippen molar-refractivity contribution >= 4 is 21.6 Å². The number of alkyl halides is 3. The van der Waals surface area contributed by atoms with Gasteiger partial charge in [-0.25, -0.2) is 0 Å². The number of hydrogen-bond acceptors (Lipinski definition) is 2. The van der Waals surface area contributed by atoms with Gasteiger partial charge in [-0.15, -0.1) is 0 Å². The zero-order chi connectivity index (χ0) is 14.9. The summed E-state index contributed by atoms with van der Waals surface area (Å²) in [7, 11) is 1.92. The van der Waals surface area contributed by atoms with E-state index in [1.165, 1.54) is 6.07 Å². The van der Waals surface area contributed by atoms with E-state index in [1.54, 1.807) is 6.07 Å². The Kier molecular flexibility index (Phi) is 4.64. The molecule has 20 heavy (non-hydrogen) atoms. The first kappa shape index (κ1) is 15.6. The van der Waals surface area contributed by atoms with Gasteiger partial charge in [-0.05, 0) is 45.0 Å². The van der Waals surface area contributed by atoms with E-state index in [9.17, 15) is 13.2 Å². The monoisotopic (exact) mass is 350 g/mol. The molecule has 1 heterocycles. The number of anilines is 1. The standard InChI is InChI=1S/C14H18BrF3N2/c1-9-5-12(19-2)3-4-20(9)13-7-10(14(16,17)18)6-11(15)8-13/h6-9,12,19H,3-5H2,1-2H3. The molecule has 0 aromatic heterocycles. The van der Waals surface area contributed by atoms with Crippen LogP contribution in [-0.4, -0.2) is 25.7 Å². The number of rotatable bonds is 2. The fourth-order valence-corrected chi connectivity index (χ4v) is 3.20. The van der Waals surface area contributed by atoms with Crippen molar-refractivity contribution in [3.8, 4) is 0 Å². The SMILES string of the molecule is CNC1CCN(c2cc(Br)cc(C(F)(F)F)c2)C(C)C1. The van der Waals surface area contributed by atoms with E-state index in [-0.39, 0.29) is 6.04 Å². The summed E-state index contributed by atoms with van der Waals surface area (Å²) in [5.74, 6) is 0. The topological polar surface area (TPSA) is 15.3 Å². The van der Waals surface area contributed by atoms with Gasteiger partial charge in [0.25, 0.3) is 0 Å². The highest BCUT2D eigenvalue weighted by molar-refractivity contribution is 9.10. The number of benzene rings is 1. The third-order valence-corrected chi connectivity index (χ3v) is 4.28. The molecular weight excluding hydrogens is 333 g/mol. The molecule has 0 aliphatic carbocycles. The summed E-state index contributed by atoms with van der Waals surface area (Å²) in [4.78, 5) is 2.05. The van der Waals surface area contributed by atoms with Gasteiger partial charge in [0.2, 0.25) is 0 Å². The van der Waals surface area contributed by atoms with Crippen LogP contribution in [0.15, 0.2) is 22.7 Å². The quantitative estimate of drug-likeness (QED) is 0.865. The van der Waals surface area contributed by atoms with Gasteiger partial charge in [-0.3, -0.25) is 0 Å². The molecule has 1 aliphatic heterocycles. The van der Waals surface area contributed by atoms with Crippen molar-refractivity contribution in [2.75, 3.05) is 18.5 Å². The smallest absolute Gasteiger partial charge is 0.369 e. The summed E-state index contributed by atoms with van der Waals surface area (Å²) in [5, 5.41) is 3.24. The van der Waals surface area contributed by atoms with Crippen molar-refractivity contribution in [3.05, 3.63) is 28.2 Å². The number of nitrogens with one attached hydrogen (secondary N) is 1. The number of hydrogen-bond donors (Lipinski definition) is 1. The summed E-state index contributed by atoms with van der Waals surface area (Å²) in [5.41, 5.74) is 0.0265. The van der Waals surface area contributed by atoms with E-state index in [0.717, 1.165) is 25.5 Å². The molecule has 0 radical (unpaired) electrons. The number of piperidine rings is 1. The summed E-state index contributed by atoms with van der Waals surface area (Å²) in [6.07, 6.45) is -2.44. The lowest BCUT2D eigenvalue weighted by molar-refractivity contribution is -0.137. The van der Waals surface area contributed by atoms with Crippen LogP contribution in [0, 0.1) is 0 Å². The molecular formula is C14H18BrF3N2. The third-order valence-electron chi connectivity index (χ3n) is 3.83. The molecule has 1 aromatic carbocycles. The van der Waals surface area contributed by atoms with Crippen LogP contribution in [0.5, 0.6) is 0 Å². The average molecular weight is 351 g/mol. The third kappa shape index (κ3) is 3.47. The van der Waals surface area contributed by atoms with E-state index < -0.39 is 11.7 Å². The molecule has 6 heteroatoms. The van der Waals surface area contributed by atoms with Crippen molar-refractivity contribution in [2.24, 2.45) is 0 Å². The van der Waals surface area contributed by atoms with Crippen molar-refractivity contribution in [1.82, 2.24) is 5.32 Å². The number of nitrogens with zero attached hydrogens (tertiary/aromatic N) is 1. The van der Waals surface area contributed by atoms with Crippen LogP contribution in [0.4, 0.5) is 18.9 Å². The van der Waals surface area contributed by atoms with E-state index in [1.807, 2.05) is 11.9 Å². The lowest BCUT2D eigenvalue weighted by Gasteiger charge is -2.39. The zero-order valence-electron chi connectivity index (χ0n) is 11.5. The largest absolute Gasteiger partial charge is 0.416 e. The van der Waals surface area contributed by atoms with Gasteiger partial charge in [-0.1, -0.05) is 15.9 Å². The van der Waals surface area contributed by atoms with Gasteiger partial charge < -0.3 is 10.2 Å². The molecule has 1 aliphatic rings. The first-order valence-corrected chi connectivity index (χ1v) is 7.42. The molecule has 2 atom stereocenters. The minimum Gasteiger partial charge on any atom is -0.369 e. The van der Waals surface area contributed by atoms with Gasteiger partial charge in [-0.2, -0.15) is 13.2 Å². The second-order valence-electron chi connectivity index (χ2n) is 5.25. The second-order valence-corrected chi connectivity index (χ2v) is 6.16. The van der Waals surface area contributed by atoms with E-state index in [4.69, 9.17) is 0 Å². The van der Waals surface area contributed by atoms with Crippen LogP contribution in [-0.2, 0) is 6.18 Å². The van der Waals surface area contributed by atoms with Crippen LogP contribution in [0.1, 0.15) is 25.3 Å². The zero-order valence-corrected chi connectivity index (χ0v) is 13.1. The van der Waals surface area contributed by atoms with Crippen LogP contribution in [0.2, 0.25) is 0 Å². The van der Waals surface area contributed by atoms with Crippen molar-refractivity contribution in [3.63, 3.8) is 0 Å². The lowest BCUT2D eigenvalue weighted by atomic mass is 9.97. The maximum Gasteiger partial charge on any atom is 0.416 e. The van der Waals surface area contributed by atoms with Crippen LogP contribution >= 0.6 is 15.9 Å². The summed E-state index contributed by atoms with van der Waals surface area (Å²) in [6.45, 7) is 2.82. The first-order valence-electron chi connectivity index (χ1n) is 6.63. The first-order chi connectivity index (χ1) is 9.31. The molecule has 1 N–H and O–H groups in total. The maximum atomic E-state index is 12.9. The normalized spacial score (nSPS) is 24.0. The van der Waals surface area contributed by atoms with E-state index in [0.29, 0.717) is 16.2 Å². The van der Waals surface area contributed by atoms with Crippen LogP contribution in [0.3, 0.4) is 0 Å². The molecule has 2 rings (SSSR count). The number of halogens is 4. The van der Waals surface area contributed by atoms with Gasteiger partial charge in [0.15, 0.2) is 0 Å². The average Bonchev–Trinajstić information content (AvgIpc) is 2.36. The Morgan fingerprint density at radius 1 is 1.30 bits per heavy atom. The van der Waals surface area contributed by atoms with E-state index in [2.05, 4.69) is 28.2 Å². The highest BCUT2D eigenvalue weighted by Crippen LogP contribution is 2.36. The fourth-order valence-electron chi connectivity index (χ4n) is 2.72. The molecule has 1 saturated heterocycles. The second kappa shape index (κ2) is 5.93. The summed E-state index contributed by atoms with van der Waals surface area (Å²) < 4.78 is 39.1. The highest BCUT2D eigenvalue weighted by atomic mass is 79.9. The fraction of sp³-hybridized carbons (Fsp3) is 0.571. The Morgan fingerprint density at radius 2 is 2.00 bits per heavy atom. The Labute approximate surface area is 125 Å². The minimum atomic E-state index is -4.31. The molecule has 1 fully saturated rings. The highest BCUT2D eigenvalue weighted by Gasteiger charge is 2.32. The summed E-state index contributed by atoms with van der Waals surface area (Å²) in [6, 6.07) is 4.77.